The largest absolute Gasteiger partial charge is 0.357 e. The van der Waals surface area contributed by atoms with E-state index in [0.29, 0.717) is 6.42 Å². The number of alkyl halides is 1. The SMILES string of the molecule is CNc1onc2c1CCCC2C1=C(Cl)CC(Cl)(c2ccccc2)C=C1. The summed E-state index contributed by atoms with van der Waals surface area (Å²) in [4.78, 5) is -0.584. The van der Waals surface area contributed by atoms with E-state index in [1.54, 1.807) is 0 Å². The number of hydrogen-bond acceptors (Lipinski definition) is 3. The quantitative estimate of drug-likeness (QED) is 0.697. The summed E-state index contributed by atoms with van der Waals surface area (Å²) in [6, 6.07) is 10.1. The van der Waals surface area contributed by atoms with Gasteiger partial charge in [0.25, 0.3) is 0 Å². The molecule has 1 aromatic heterocycles. The van der Waals surface area contributed by atoms with Crippen LogP contribution in [0.4, 0.5) is 5.88 Å². The molecule has 2 atom stereocenters. The van der Waals surface area contributed by atoms with E-state index in [0.717, 1.165) is 47.0 Å². The van der Waals surface area contributed by atoms with E-state index in [4.69, 9.17) is 27.7 Å². The lowest BCUT2D eigenvalue weighted by Gasteiger charge is -2.31. The van der Waals surface area contributed by atoms with Gasteiger partial charge in [-0.1, -0.05) is 59.2 Å². The van der Waals surface area contributed by atoms with Gasteiger partial charge in [-0.05, 0) is 30.4 Å². The van der Waals surface area contributed by atoms with Gasteiger partial charge >= 0.3 is 0 Å². The molecule has 5 heteroatoms. The molecule has 0 aliphatic heterocycles. The molecular weight excluding hydrogens is 355 g/mol. The van der Waals surface area contributed by atoms with Crippen LogP contribution in [0.2, 0.25) is 0 Å². The first-order valence-electron chi connectivity index (χ1n) is 8.61. The summed E-state index contributed by atoms with van der Waals surface area (Å²) < 4.78 is 5.46. The summed E-state index contributed by atoms with van der Waals surface area (Å²) in [6.07, 6.45) is 7.86. The first-order chi connectivity index (χ1) is 12.1. The number of benzene rings is 1. The average Bonchev–Trinajstić information content (AvgIpc) is 3.06. The number of halogens is 2. The summed E-state index contributed by atoms with van der Waals surface area (Å²) in [6.45, 7) is 0. The van der Waals surface area contributed by atoms with Crippen LogP contribution in [-0.2, 0) is 11.3 Å². The fourth-order valence-corrected chi connectivity index (χ4v) is 4.67. The molecule has 4 rings (SSSR count). The number of anilines is 1. The molecule has 1 N–H and O–H groups in total. The number of hydrogen-bond donors (Lipinski definition) is 1. The van der Waals surface area contributed by atoms with Gasteiger partial charge in [0.1, 0.15) is 0 Å². The van der Waals surface area contributed by atoms with E-state index in [1.165, 1.54) is 5.56 Å². The van der Waals surface area contributed by atoms with E-state index in [1.807, 2.05) is 37.4 Å². The topological polar surface area (TPSA) is 38.1 Å². The predicted octanol–water partition coefficient (Wildman–Crippen LogP) is 5.72. The summed E-state index contributed by atoms with van der Waals surface area (Å²) in [5.74, 6) is 0.947. The van der Waals surface area contributed by atoms with Crippen molar-refractivity contribution in [1.82, 2.24) is 5.16 Å². The van der Waals surface area contributed by atoms with Crippen LogP contribution in [0, 0.1) is 0 Å². The fourth-order valence-electron chi connectivity index (χ4n) is 3.87. The van der Waals surface area contributed by atoms with E-state index in [9.17, 15) is 0 Å². The van der Waals surface area contributed by atoms with Crippen molar-refractivity contribution in [1.29, 1.82) is 0 Å². The van der Waals surface area contributed by atoms with E-state index in [2.05, 4.69) is 22.6 Å². The second-order valence-corrected chi connectivity index (χ2v) is 7.80. The Morgan fingerprint density at radius 3 is 2.80 bits per heavy atom. The molecule has 1 aromatic carbocycles. The zero-order valence-electron chi connectivity index (χ0n) is 14.1. The summed E-state index contributed by atoms with van der Waals surface area (Å²) >= 11 is 13.6. The van der Waals surface area contributed by atoms with Crippen molar-refractivity contribution < 1.29 is 4.52 Å². The minimum Gasteiger partial charge on any atom is -0.357 e. The summed E-state index contributed by atoms with van der Waals surface area (Å²) in [7, 11) is 1.86. The van der Waals surface area contributed by atoms with Crippen LogP contribution in [0.15, 0.2) is 57.6 Å². The highest BCUT2D eigenvalue weighted by Gasteiger charge is 2.36. The van der Waals surface area contributed by atoms with Crippen molar-refractivity contribution in [3.05, 3.63) is 69.9 Å². The van der Waals surface area contributed by atoms with Crippen LogP contribution in [0.3, 0.4) is 0 Å². The molecular formula is C20H20Cl2N2O. The van der Waals surface area contributed by atoms with Gasteiger partial charge in [-0.3, -0.25) is 0 Å². The van der Waals surface area contributed by atoms with Crippen LogP contribution in [-0.4, -0.2) is 12.2 Å². The molecule has 0 saturated heterocycles. The van der Waals surface area contributed by atoms with Crippen LogP contribution < -0.4 is 5.32 Å². The second kappa shape index (κ2) is 6.54. The van der Waals surface area contributed by atoms with Crippen molar-refractivity contribution in [2.75, 3.05) is 12.4 Å². The Morgan fingerprint density at radius 1 is 1.28 bits per heavy atom. The molecule has 0 amide bonds. The van der Waals surface area contributed by atoms with Gasteiger partial charge < -0.3 is 9.84 Å². The Bertz CT molecular complexity index is 841. The van der Waals surface area contributed by atoms with Crippen LogP contribution >= 0.6 is 23.2 Å². The maximum atomic E-state index is 6.88. The average molecular weight is 375 g/mol. The van der Waals surface area contributed by atoms with Crippen LogP contribution in [0.1, 0.15) is 42.0 Å². The van der Waals surface area contributed by atoms with Gasteiger partial charge in [0.05, 0.1) is 10.6 Å². The molecule has 0 bridgehead atoms. The lowest BCUT2D eigenvalue weighted by atomic mass is 9.78. The lowest BCUT2D eigenvalue weighted by molar-refractivity contribution is 0.419. The first kappa shape index (κ1) is 16.7. The van der Waals surface area contributed by atoms with Gasteiger partial charge in [0.2, 0.25) is 5.88 Å². The number of aromatic nitrogens is 1. The highest BCUT2D eigenvalue weighted by Crippen LogP contribution is 2.48. The summed E-state index contributed by atoms with van der Waals surface area (Å²) in [5.41, 5.74) is 4.37. The number of nitrogens with zero attached hydrogens (tertiary/aromatic N) is 1. The monoisotopic (exact) mass is 374 g/mol. The third kappa shape index (κ3) is 2.90. The van der Waals surface area contributed by atoms with Crippen molar-refractivity contribution in [3.63, 3.8) is 0 Å². The van der Waals surface area contributed by atoms with Crippen molar-refractivity contribution in [2.45, 2.75) is 36.5 Å². The van der Waals surface area contributed by atoms with Crippen molar-refractivity contribution >= 4 is 29.1 Å². The standard InChI is InChI=1S/C20H20Cl2N2O/c1-23-19-16-9-5-8-15(18(16)24-25-19)14-10-11-20(22,12-17(14)21)13-6-3-2-4-7-13/h2-4,6-7,10-11,15,23H,5,8-9,12H2,1H3. The Labute approximate surface area is 157 Å². The van der Waals surface area contributed by atoms with Gasteiger partial charge in [-0.25, -0.2) is 0 Å². The highest BCUT2D eigenvalue weighted by atomic mass is 35.5. The maximum Gasteiger partial charge on any atom is 0.227 e. The molecule has 25 heavy (non-hydrogen) atoms. The zero-order chi connectivity index (χ0) is 17.4. The third-order valence-electron chi connectivity index (χ3n) is 5.18. The smallest absolute Gasteiger partial charge is 0.227 e. The molecule has 2 aliphatic rings. The zero-order valence-corrected chi connectivity index (χ0v) is 15.6. The van der Waals surface area contributed by atoms with E-state index in [-0.39, 0.29) is 5.92 Å². The molecule has 2 aliphatic carbocycles. The second-order valence-electron chi connectivity index (χ2n) is 6.67. The minimum absolute atomic E-state index is 0.176. The number of fused-ring (bicyclic) bond motifs is 1. The van der Waals surface area contributed by atoms with E-state index >= 15 is 0 Å². The van der Waals surface area contributed by atoms with Gasteiger partial charge in [0, 0.05) is 30.0 Å². The third-order valence-corrected chi connectivity index (χ3v) is 6.01. The van der Waals surface area contributed by atoms with E-state index < -0.39 is 4.87 Å². The Hall–Kier alpha value is -1.71. The normalized spacial score (nSPS) is 25.8. The molecule has 2 aromatic rings. The number of allylic oxidation sites excluding steroid dienone is 4. The van der Waals surface area contributed by atoms with Gasteiger partial charge in [-0.15, -0.1) is 11.6 Å². The minimum atomic E-state index is -0.584. The lowest BCUT2D eigenvalue weighted by Crippen LogP contribution is -2.21. The van der Waals surface area contributed by atoms with Crippen LogP contribution in [0.5, 0.6) is 0 Å². The number of nitrogens with one attached hydrogen (secondary N) is 1. The Balaban J connectivity index is 1.67. The highest BCUT2D eigenvalue weighted by molar-refractivity contribution is 6.32. The molecule has 1 heterocycles. The molecule has 2 unspecified atom stereocenters. The van der Waals surface area contributed by atoms with Crippen molar-refractivity contribution in [2.24, 2.45) is 0 Å². The maximum absolute atomic E-state index is 6.88. The Kier molecular flexibility index (Phi) is 4.38. The van der Waals surface area contributed by atoms with Crippen molar-refractivity contribution in [3.8, 4) is 0 Å². The Morgan fingerprint density at radius 2 is 2.08 bits per heavy atom. The summed E-state index contributed by atoms with van der Waals surface area (Å²) in [5, 5.41) is 8.22. The molecule has 0 saturated carbocycles. The van der Waals surface area contributed by atoms with Crippen LogP contribution in [0.25, 0.3) is 0 Å². The van der Waals surface area contributed by atoms with Gasteiger partial charge in [-0.2, -0.15) is 0 Å². The van der Waals surface area contributed by atoms with Gasteiger partial charge in [0.15, 0.2) is 0 Å². The molecule has 0 fully saturated rings. The predicted molar refractivity (Wildman–Crippen MR) is 102 cm³/mol. The molecule has 0 spiro atoms. The fraction of sp³-hybridized carbons (Fsp3) is 0.350. The molecule has 130 valence electrons. The first-order valence-corrected chi connectivity index (χ1v) is 9.36. The molecule has 0 radical (unpaired) electrons. The number of rotatable bonds is 3. The molecule has 3 nitrogen and oxygen atoms in total.